The van der Waals surface area contributed by atoms with Crippen molar-refractivity contribution >= 4 is 11.9 Å². The van der Waals surface area contributed by atoms with Gasteiger partial charge in [0, 0.05) is 0 Å². The molecule has 6 heteroatoms. The zero-order valence-electron chi connectivity index (χ0n) is 10.6. The van der Waals surface area contributed by atoms with E-state index in [9.17, 15) is 14.7 Å². The SMILES string of the molecule is O=C(O)[C@@H]1[C@@H]2C=C[C@]3(CN(Cc4ccco4)C(=O)[C@H]13)O2. The smallest absolute Gasteiger partial charge is 0.310 e. The number of rotatable bonds is 3. The van der Waals surface area contributed by atoms with Crippen LogP contribution in [-0.4, -0.2) is 40.1 Å². The molecule has 0 unspecified atom stereocenters. The molecule has 4 atom stereocenters. The summed E-state index contributed by atoms with van der Waals surface area (Å²) in [6, 6.07) is 3.55. The molecule has 1 amide bonds. The quantitative estimate of drug-likeness (QED) is 0.819. The maximum atomic E-state index is 12.5. The molecule has 1 N–H and O–H groups in total. The van der Waals surface area contributed by atoms with Gasteiger partial charge in [-0.2, -0.15) is 0 Å². The van der Waals surface area contributed by atoms with E-state index in [0.29, 0.717) is 18.8 Å². The van der Waals surface area contributed by atoms with Crippen molar-refractivity contribution in [3.8, 4) is 0 Å². The number of furan rings is 1. The molecule has 3 aliphatic rings. The summed E-state index contributed by atoms with van der Waals surface area (Å²) in [5, 5.41) is 9.34. The summed E-state index contributed by atoms with van der Waals surface area (Å²) in [7, 11) is 0. The van der Waals surface area contributed by atoms with E-state index in [2.05, 4.69) is 0 Å². The van der Waals surface area contributed by atoms with Gasteiger partial charge >= 0.3 is 5.97 Å². The molecule has 4 rings (SSSR count). The van der Waals surface area contributed by atoms with Crippen molar-refractivity contribution in [1.29, 1.82) is 0 Å². The highest BCUT2D eigenvalue weighted by Crippen LogP contribution is 2.52. The third kappa shape index (κ3) is 1.37. The molecule has 0 radical (unpaired) electrons. The van der Waals surface area contributed by atoms with Crippen LogP contribution in [0, 0.1) is 11.8 Å². The number of amides is 1. The lowest BCUT2D eigenvalue weighted by Gasteiger charge is -2.21. The van der Waals surface area contributed by atoms with Gasteiger partial charge < -0.3 is 19.2 Å². The van der Waals surface area contributed by atoms with Crippen molar-refractivity contribution in [2.24, 2.45) is 11.8 Å². The molecule has 1 aromatic heterocycles. The van der Waals surface area contributed by atoms with Crippen LogP contribution >= 0.6 is 0 Å². The Bertz CT molecular complexity index is 607. The Kier molecular flexibility index (Phi) is 2.18. The van der Waals surface area contributed by atoms with Crippen LogP contribution in [0.2, 0.25) is 0 Å². The molecule has 3 aliphatic heterocycles. The molecule has 1 aromatic rings. The first kappa shape index (κ1) is 11.7. The minimum atomic E-state index is -0.973. The molecule has 1 spiro atoms. The molecule has 2 saturated heterocycles. The van der Waals surface area contributed by atoms with E-state index in [-0.39, 0.29) is 5.91 Å². The highest BCUT2D eigenvalue weighted by Gasteiger charge is 2.67. The lowest BCUT2D eigenvalue weighted by Crippen LogP contribution is -2.39. The Morgan fingerprint density at radius 3 is 3.10 bits per heavy atom. The highest BCUT2D eigenvalue weighted by atomic mass is 16.5. The van der Waals surface area contributed by atoms with Gasteiger partial charge in [-0.3, -0.25) is 9.59 Å². The van der Waals surface area contributed by atoms with E-state index < -0.39 is 29.5 Å². The molecule has 6 nitrogen and oxygen atoms in total. The first-order valence-corrected chi connectivity index (χ1v) is 6.52. The fourth-order valence-electron chi connectivity index (χ4n) is 3.58. The number of carbonyl (C=O) groups is 2. The summed E-state index contributed by atoms with van der Waals surface area (Å²) >= 11 is 0. The summed E-state index contributed by atoms with van der Waals surface area (Å²) in [4.78, 5) is 25.5. The van der Waals surface area contributed by atoms with E-state index in [4.69, 9.17) is 9.15 Å². The molecule has 2 bridgehead atoms. The van der Waals surface area contributed by atoms with Crippen molar-refractivity contribution in [1.82, 2.24) is 4.90 Å². The summed E-state index contributed by atoms with van der Waals surface area (Å²) in [5.41, 5.74) is -0.766. The van der Waals surface area contributed by atoms with Gasteiger partial charge in [-0.15, -0.1) is 0 Å². The van der Waals surface area contributed by atoms with Crippen LogP contribution in [0.25, 0.3) is 0 Å². The van der Waals surface area contributed by atoms with Crippen molar-refractivity contribution in [3.05, 3.63) is 36.3 Å². The lowest BCUT2D eigenvalue weighted by atomic mass is 9.77. The van der Waals surface area contributed by atoms with Crippen molar-refractivity contribution in [2.75, 3.05) is 6.54 Å². The van der Waals surface area contributed by atoms with E-state index in [0.717, 1.165) is 0 Å². The molecule has 4 heterocycles. The van der Waals surface area contributed by atoms with Gasteiger partial charge in [0.2, 0.25) is 5.91 Å². The lowest BCUT2D eigenvalue weighted by molar-refractivity contribution is -0.148. The molecule has 20 heavy (non-hydrogen) atoms. The predicted octanol–water partition coefficient (Wildman–Crippen LogP) is 0.646. The number of carbonyl (C=O) groups excluding carboxylic acids is 1. The van der Waals surface area contributed by atoms with Crippen molar-refractivity contribution in [2.45, 2.75) is 18.2 Å². The second-order valence-corrected chi connectivity index (χ2v) is 5.51. The topological polar surface area (TPSA) is 80.0 Å². The largest absolute Gasteiger partial charge is 0.481 e. The van der Waals surface area contributed by atoms with Gasteiger partial charge in [0.25, 0.3) is 0 Å². The molecule has 0 aromatic carbocycles. The van der Waals surface area contributed by atoms with E-state index >= 15 is 0 Å². The van der Waals surface area contributed by atoms with Crippen LogP contribution in [0.3, 0.4) is 0 Å². The third-order valence-electron chi connectivity index (χ3n) is 4.39. The van der Waals surface area contributed by atoms with Crippen LogP contribution in [0.15, 0.2) is 35.0 Å². The Labute approximate surface area is 114 Å². The van der Waals surface area contributed by atoms with Crippen LogP contribution in [0.1, 0.15) is 5.76 Å². The summed E-state index contributed by atoms with van der Waals surface area (Å²) in [6.45, 7) is 0.728. The number of nitrogens with zero attached hydrogens (tertiary/aromatic N) is 1. The van der Waals surface area contributed by atoms with Crippen molar-refractivity contribution < 1.29 is 23.8 Å². The van der Waals surface area contributed by atoms with Crippen LogP contribution < -0.4 is 0 Å². The average Bonchev–Trinajstić information content (AvgIpc) is 3.12. The summed E-state index contributed by atoms with van der Waals surface area (Å²) < 4.78 is 11.0. The molecule has 2 fully saturated rings. The average molecular weight is 275 g/mol. The van der Waals surface area contributed by atoms with Gasteiger partial charge in [-0.05, 0) is 12.1 Å². The normalized spacial score (nSPS) is 37.7. The van der Waals surface area contributed by atoms with Crippen LogP contribution in [0.5, 0.6) is 0 Å². The third-order valence-corrected chi connectivity index (χ3v) is 4.39. The zero-order valence-corrected chi connectivity index (χ0v) is 10.6. The van der Waals surface area contributed by atoms with Gasteiger partial charge in [-0.1, -0.05) is 12.2 Å². The Morgan fingerprint density at radius 1 is 1.55 bits per heavy atom. The number of ether oxygens (including phenoxy) is 1. The molecule has 0 aliphatic carbocycles. The van der Waals surface area contributed by atoms with Crippen LogP contribution in [0.4, 0.5) is 0 Å². The number of aliphatic carboxylic acids is 1. The fraction of sp³-hybridized carbons (Fsp3) is 0.429. The van der Waals surface area contributed by atoms with E-state index in [1.165, 1.54) is 0 Å². The minimum Gasteiger partial charge on any atom is -0.481 e. The van der Waals surface area contributed by atoms with Gasteiger partial charge in [0.15, 0.2) is 0 Å². The second-order valence-electron chi connectivity index (χ2n) is 5.51. The number of carboxylic acid groups (broad SMARTS) is 1. The number of hydrogen-bond acceptors (Lipinski definition) is 4. The summed E-state index contributed by atoms with van der Waals surface area (Å²) in [6.07, 6.45) is 4.69. The maximum absolute atomic E-state index is 12.5. The number of fused-ring (bicyclic) bond motifs is 1. The van der Waals surface area contributed by atoms with Gasteiger partial charge in [-0.25, -0.2) is 0 Å². The van der Waals surface area contributed by atoms with E-state index in [1.807, 2.05) is 6.08 Å². The van der Waals surface area contributed by atoms with Gasteiger partial charge in [0.1, 0.15) is 17.3 Å². The van der Waals surface area contributed by atoms with Gasteiger partial charge in [0.05, 0.1) is 31.4 Å². The second kappa shape index (κ2) is 3.73. The fourth-order valence-corrected chi connectivity index (χ4v) is 3.58. The Balaban J connectivity index is 1.65. The molecular formula is C14H13NO5. The highest BCUT2D eigenvalue weighted by molar-refractivity contribution is 5.90. The number of hydrogen-bond donors (Lipinski definition) is 1. The molecular weight excluding hydrogens is 262 g/mol. The first-order valence-electron chi connectivity index (χ1n) is 6.52. The number of carboxylic acids is 1. The maximum Gasteiger partial charge on any atom is 0.310 e. The monoisotopic (exact) mass is 275 g/mol. The van der Waals surface area contributed by atoms with Crippen molar-refractivity contribution in [3.63, 3.8) is 0 Å². The first-order chi connectivity index (χ1) is 9.61. The minimum absolute atomic E-state index is 0.166. The zero-order chi connectivity index (χ0) is 13.9. The Hall–Kier alpha value is -2.08. The predicted molar refractivity (Wildman–Crippen MR) is 65.5 cm³/mol. The molecule has 0 saturated carbocycles. The van der Waals surface area contributed by atoms with Crippen LogP contribution in [-0.2, 0) is 20.9 Å². The molecule has 104 valence electrons. The summed E-state index contributed by atoms with van der Waals surface area (Å²) in [5.74, 6) is -1.86. The Morgan fingerprint density at radius 2 is 2.40 bits per heavy atom. The number of likely N-dealkylation sites (tertiary alicyclic amines) is 1. The van der Waals surface area contributed by atoms with E-state index in [1.54, 1.807) is 29.4 Å². The standard InChI is InChI=1S/C14H13NO5/c16-12-11-10(13(17)18)9-3-4-14(11,20-9)7-15(12)6-8-2-1-5-19-8/h1-5,9-11H,6-7H2,(H,17,18)/t9-,10+,11-,14+/m0/s1.